The minimum atomic E-state index is -0.426. The van der Waals surface area contributed by atoms with Crippen LogP contribution in [-0.2, 0) is 23.9 Å². The van der Waals surface area contributed by atoms with E-state index >= 15 is 0 Å². The molecule has 168 valence electrons. The van der Waals surface area contributed by atoms with Gasteiger partial charge in [0.1, 0.15) is 12.7 Å². The summed E-state index contributed by atoms with van der Waals surface area (Å²) >= 11 is 3.71. The first-order valence-electron chi connectivity index (χ1n) is 11.4. The summed E-state index contributed by atoms with van der Waals surface area (Å²) in [7, 11) is 0. The van der Waals surface area contributed by atoms with Gasteiger partial charge < -0.3 is 9.47 Å². The Bertz CT molecular complexity index is 778. The van der Waals surface area contributed by atoms with Gasteiger partial charge in [0.25, 0.3) is 0 Å². The highest BCUT2D eigenvalue weighted by atomic mass is 79.9. The van der Waals surface area contributed by atoms with Gasteiger partial charge in [-0.2, -0.15) is 0 Å². The van der Waals surface area contributed by atoms with E-state index in [0.29, 0.717) is 24.7 Å². The monoisotopic (exact) mass is 482 g/mol. The maximum atomic E-state index is 13.7. The van der Waals surface area contributed by atoms with Crippen molar-refractivity contribution in [3.05, 3.63) is 0 Å². The second-order valence-corrected chi connectivity index (χ2v) is 12.6. The fraction of sp³-hybridized carbons (Fsp3) is 0.875. The third-order valence-electron chi connectivity index (χ3n) is 9.41. The van der Waals surface area contributed by atoms with E-state index in [-0.39, 0.29) is 45.0 Å². The summed E-state index contributed by atoms with van der Waals surface area (Å²) in [5.41, 5.74) is -0.597. The highest BCUT2D eigenvalue weighted by molar-refractivity contribution is 9.10. The summed E-state index contributed by atoms with van der Waals surface area (Å²) in [6, 6.07) is 0. The van der Waals surface area contributed by atoms with E-state index in [1.165, 1.54) is 13.8 Å². The molecule has 0 aromatic carbocycles. The number of carbonyl (C=O) groups excluding carboxylic acids is 3. The Morgan fingerprint density at radius 1 is 1.07 bits per heavy atom. The van der Waals surface area contributed by atoms with Crippen LogP contribution in [0.1, 0.15) is 79.6 Å². The van der Waals surface area contributed by atoms with Crippen LogP contribution in [0.25, 0.3) is 0 Å². The van der Waals surface area contributed by atoms with Gasteiger partial charge in [-0.25, -0.2) is 0 Å². The number of fused-ring (bicyclic) bond motifs is 3. The molecule has 0 heterocycles. The van der Waals surface area contributed by atoms with Gasteiger partial charge in [0.05, 0.1) is 4.83 Å². The first-order chi connectivity index (χ1) is 13.9. The Balaban J connectivity index is 1.75. The lowest BCUT2D eigenvalue weighted by molar-refractivity contribution is -0.197. The van der Waals surface area contributed by atoms with Gasteiger partial charge in [-0.05, 0) is 67.6 Å². The summed E-state index contributed by atoms with van der Waals surface area (Å²) in [5.74, 6) is 0.260. The van der Waals surface area contributed by atoms with Gasteiger partial charge in [-0.1, -0.05) is 36.7 Å². The Kier molecular flexibility index (Phi) is 5.24. The number of alkyl halides is 1. The lowest BCUT2D eigenvalue weighted by atomic mass is 9.40. The Morgan fingerprint density at radius 3 is 2.40 bits per heavy atom. The second kappa shape index (κ2) is 7.05. The molecule has 1 unspecified atom stereocenters. The van der Waals surface area contributed by atoms with Crippen LogP contribution in [-0.4, -0.2) is 35.3 Å². The number of halogens is 1. The zero-order valence-electron chi connectivity index (χ0n) is 18.9. The van der Waals surface area contributed by atoms with Gasteiger partial charge in [0.15, 0.2) is 5.78 Å². The highest BCUT2D eigenvalue weighted by Crippen LogP contribution is 2.73. The van der Waals surface area contributed by atoms with Gasteiger partial charge in [0.2, 0.25) is 0 Å². The smallest absolute Gasteiger partial charge is 0.302 e. The largest absolute Gasteiger partial charge is 0.465 e. The van der Waals surface area contributed by atoms with Crippen LogP contribution in [0.4, 0.5) is 0 Å². The van der Waals surface area contributed by atoms with Crippen molar-refractivity contribution in [1.82, 2.24) is 0 Å². The van der Waals surface area contributed by atoms with E-state index in [2.05, 4.69) is 36.7 Å². The van der Waals surface area contributed by atoms with Crippen molar-refractivity contribution in [2.45, 2.75) is 90.5 Å². The SMILES string of the molecule is CC(=O)OC[C@]12CC[C@@]3(CC[C@@H]4C(C)(C)CC(Br)C(=O)[C@@]4(C)[C@@H]3C[C@H]1OC(C)=O)C2. The predicted octanol–water partition coefficient (Wildman–Crippen LogP) is 4.84. The van der Waals surface area contributed by atoms with Gasteiger partial charge >= 0.3 is 11.9 Å². The number of hydrogen-bond acceptors (Lipinski definition) is 5. The molecule has 2 bridgehead atoms. The van der Waals surface area contributed by atoms with E-state index in [0.717, 1.165) is 38.5 Å². The fourth-order valence-electron chi connectivity index (χ4n) is 8.32. The predicted molar refractivity (Wildman–Crippen MR) is 116 cm³/mol. The van der Waals surface area contributed by atoms with E-state index < -0.39 is 5.41 Å². The summed E-state index contributed by atoms with van der Waals surface area (Å²) < 4.78 is 11.4. The van der Waals surface area contributed by atoms with E-state index in [9.17, 15) is 14.4 Å². The summed E-state index contributed by atoms with van der Waals surface area (Å²) in [5, 5.41) is 0. The molecule has 4 saturated carbocycles. The molecule has 0 radical (unpaired) electrons. The molecule has 0 amide bonds. The van der Waals surface area contributed by atoms with Crippen LogP contribution in [0.15, 0.2) is 0 Å². The number of Topliss-reactive ketones (excluding diaryl/α,β-unsaturated/α-hetero) is 1. The Hall–Kier alpha value is -0.910. The van der Waals surface area contributed by atoms with E-state index in [1.54, 1.807) is 0 Å². The average molecular weight is 483 g/mol. The first-order valence-corrected chi connectivity index (χ1v) is 12.3. The lowest BCUT2D eigenvalue weighted by Crippen LogP contribution is -2.64. The molecule has 4 aliphatic carbocycles. The van der Waals surface area contributed by atoms with Crippen LogP contribution < -0.4 is 0 Å². The molecule has 0 saturated heterocycles. The van der Waals surface area contributed by atoms with Crippen LogP contribution in [0.5, 0.6) is 0 Å². The number of carbonyl (C=O) groups is 3. The number of ketones is 1. The standard InChI is InChI=1S/C24H35BrO5/c1-14(26)29-13-24-9-8-23(12-24)7-6-17-21(3,4)11-16(25)20(28)22(17,5)18(23)10-19(24)30-15(2)27/h16-19H,6-13H2,1-5H3/t16?,17-,18+,19-,22-,23+,24-/m1/s1. The fourth-order valence-corrected chi connectivity index (χ4v) is 9.65. The molecule has 0 aromatic heterocycles. The molecule has 5 nitrogen and oxygen atoms in total. The van der Waals surface area contributed by atoms with Crippen molar-refractivity contribution in [2.75, 3.05) is 6.61 Å². The van der Waals surface area contributed by atoms with E-state index in [4.69, 9.17) is 9.47 Å². The lowest BCUT2D eigenvalue weighted by Gasteiger charge is -2.64. The summed E-state index contributed by atoms with van der Waals surface area (Å²) in [6.07, 6.45) is 6.19. The van der Waals surface area contributed by atoms with Gasteiger partial charge in [-0.15, -0.1) is 0 Å². The number of ether oxygens (including phenoxy) is 2. The Morgan fingerprint density at radius 2 is 1.77 bits per heavy atom. The quantitative estimate of drug-likeness (QED) is 0.425. The van der Waals surface area contributed by atoms with Gasteiger partial charge in [-0.3, -0.25) is 14.4 Å². The minimum absolute atomic E-state index is 0.0673. The normalized spacial score (nSPS) is 46.5. The number of hydrogen-bond donors (Lipinski definition) is 0. The third kappa shape index (κ3) is 3.10. The molecule has 1 spiro atoms. The molecule has 30 heavy (non-hydrogen) atoms. The van der Waals surface area contributed by atoms with Crippen molar-refractivity contribution in [2.24, 2.45) is 33.5 Å². The van der Waals surface area contributed by atoms with Crippen LogP contribution >= 0.6 is 15.9 Å². The molecule has 0 aromatic rings. The molecule has 7 atom stereocenters. The summed E-state index contributed by atoms with van der Waals surface area (Å²) in [6.45, 7) is 9.99. The zero-order chi connectivity index (χ0) is 22.1. The molecule has 4 fully saturated rings. The van der Waals surface area contributed by atoms with Crippen molar-refractivity contribution in [1.29, 1.82) is 0 Å². The maximum Gasteiger partial charge on any atom is 0.302 e. The molecule has 0 N–H and O–H groups in total. The topological polar surface area (TPSA) is 69.7 Å². The molecular weight excluding hydrogens is 448 g/mol. The molecule has 4 rings (SSSR count). The van der Waals surface area contributed by atoms with Crippen molar-refractivity contribution < 1.29 is 23.9 Å². The van der Waals surface area contributed by atoms with Crippen LogP contribution in [0.3, 0.4) is 0 Å². The van der Waals surface area contributed by atoms with Crippen molar-refractivity contribution >= 4 is 33.7 Å². The molecular formula is C24H35BrO5. The van der Waals surface area contributed by atoms with Gasteiger partial charge in [0, 0.05) is 24.7 Å². The Labute approximate surface area is 188 Å². The molecule has 0 aliphatic heterocycles. The van der Waals surface area contributed by atoms with Crippen molar-refractivity contribution in [3.63, 3.8) is 0 Å². The highest BCUT2D eigenvalue weighted by Gasteiger charge is 2.71. The maximum absolute atomic E-state index is 13.7. The summed E-state index contributed by atoms with van der Waals surface area (Å²) in [4.78, 5) is 37.2. The number of rotatable bonds is 3. The number of esters is 2. The molecule has 6 heteroatoms. The average Bonchev–Trinajstić information content (AvgIpc) is 2.94. The molecule has 4 aliphatic rings. The first kappa shape index (κ1) is 22.3. The van der Waals surface area contributed by atoms with E-state index in [1.807, 2.05) is 0 Å². The van der Waals surface area contributed by atoms with Crippen molar-refractivity contribution in [3.8, 4) is 0 Å². The van der Waals surface area contributed by atoms with Crippen LogP contribution in [0, 0.1) is 33.5 Å². The minimum Gasteiger partial charge on any atom is -0.465 e. The van der Waals surface area contributed by atoms with Crippen LogP contribution in [0.2, 0.25) is 0 Å². The third-order valence-corrected chi connectivity index (χ3v) is 10.2. The zero-order valence-corrected chi connectivity index (χ0v) is 20.5. The second-order valence-electron chi connectivity index (χ2n) is 11.5.